The van der Waals surface area contributed by atoms with Crippen LogP contribution in [0.1, 0.15) is 17.2 Å². The normalized spacial score (nSPS) is 12.2. The van der Waals surface area contributed by atoms with Gasteiger partial charge in [-0.25, -0.2) is 8.78 Å². The van der Waals surface area contributed by atoms with Crippen LogP contribution in [0.4, 0.5) is 8.78 Å². The van der Waals surface area contributed by atoms with Crippen LogP contribution >= 0.6 is 15.9 Å². The molecule has 0 bridgehead atoms. The van der Waals surface area contributed by atoms with E-state index in [1.165, 1.54) is 12.1 Å². The molecule has 0 heterocycles. The van der Waals surface area contributed by atoms with Gasteiger partial charge in [0.15, 0.2) is 0 Å². The van der Waals surface area contributed by atoms with E-state index >= 15 is 0 Å². The summed E-state index contributed by atoms with van der Waals surface area (Å²) in [6.45, 7) is 0. The molecule has 21 heavy (non-hydrogen) atoms. The fraction of sp³-hybridized carbons (Fsp3) is 0.200. The number of benzene rings is 2. The molecule has 0 fully saturated rings. The number of methoxy groups -OCH3 is 1. The lowest BCUT2D eigenvalue weighted by Crippen LogP contribution is -2.30. The SMILES string of the molecule is COc1ccc(CC(NN)c2ccc(F)cc2F)cc1Br. The fourth-order valence-corrected chi connectivity index (χ4v) is 2.70. The summed E-state index contributed by atoms with van der Waals surface area (Å²) >= 11 is 3.40. The molecular weight excluding hydrogens is 342 g/mol. The molecule has 1 unspecified atom stereocenters. The molecule has 6 heteroatoms. The van der Waals surface area contributed by atoms with Crippen molar-refractivity contribution in [2.45, 2.75) is 12.5 Å². The van der Waals surface area contributed by atoms with Crippen molar-refractivity contribution in [2.75, 3.05) is 7.11 Å². The molecule has 0 amide bonds. The van der Waals surface area contributed by atoms with Crippen LogP contribution in [0.2, 0.25) is 0 Å². The third-order valence-corrected chi connectivity index (χ3v) is 3.81. The number of ether oxygens (including phenoxy) is 1. The lowest BCUT2D eigenvalue weighted by Gasteiger charge is -2.17. The van der Waals surface area contributed by atoms with Crippen molar-refractivity contribution in [2.24, 2.45) is 5.84 Å². The smallest absolute Gasteiger partial charge is 0.133 e. The minimum Gasteiger partial charge on any atom is -0.496 e. The zero-order valence-electron chi connectivity index (χ0n) is 11.4. The first kappa shape index (κ1) is 15.9. The lowest BCUT2D eigenvalue weighted by atomic mass is 9.99. The van der Waals surface area contributed by atoms with Crippen molar-refractivity contribution in [1.29, 1.82) is 0 Å². The van der Waals surface area contributed by atoms with Crippen molar-refractivity contribution >= 4 is 15.9 Å². The van der Waals surface area contributed by atoms with E-state index in [4.69, 9.17) is 10.6 Å². The van der Waals surface area contributed by atoms with E-state index in [2.05, 4.69) is 21.4 Å². The number of rotatable bonds is 5. The fourth-order valence-electron chi connectivity index (χ4n) is 2.12. The van der Waals surface area contributed by atoms with Crippen LogP contribution in [-0.4, -0.2) is 7.11 Å². The van der Waals surface area contributed by atoms with Crippen LogP contribution in [0, 0.1) is 11.6 Å². The van der Waals surface area contributed by atoms with Crippen molar-refractivity contribution in [3.63, 3.8) is 0 Å². The van der Waals surface area contributed by atoms with Crippen LogP contribution in [-0.2, 0) is 6.42 Å². The Balaban J connectivity index is 2.24. The Bertz CT molecular complexity index is 637. The van der Waals surface area contributed by atoms with Gasteiger partial charge in [-0.15, -0.1) is 0 Å². The van der Waals surface area contributed by atoms with Crippen LogP contribution in [0.3, 0.4) is 0 Å². The Morgan fingerprint density at radius 1 is 1.24 bits per heavy atom. The molecule has 3 nitrogen and oxygen atoms in total. The van der Waals surface area contributed by atoms with E-state index < -0.39 is 17.7 Å². The van der Waals surface area contributed by atoms with Crippen molar-refractivity contribution in [1.82, 2.24) is 5.43 Å². The molecule has 0 radical (unpaired) electrons. The monoisotopic (exact) mass is 356 g/mol. The van der Waals surface area contributed by atoms with Gasteiger partial charge in [-0.05, 0) is 46.1 Å². The molecule has 0 aliphatic rings. The minimum absolute atomic E-state index is 0.325. The summed E-state index contributed by atoms with van der Waals surface area (Å²) in [6, 6.07) is 8.57. The second-order valence-corrected chi connectivity index (χ2v) is 5.41. The van der Waals surface area contributed by atoms with E-state index in [0.29, 0.717) is 17.7 Å². The summed E-state index contributed by atoms with van der Waals surface area (Å²) in [6.07, 6.45) is 0.460. The highest BCUT2D eigenvalue weighted by Gasteiger charge is 2.16. The maximum absolute atomic E-state index is 13.8. The molecule has 0 spiro atoms. The number of nitrogens with one attached hydrogen (secondary N) is 1. The van der Waals surface area contributed by atoms with Crippen molar-refractivity contribution in [3.8, 4) is 5.75 Å². The van der Waals surface area contributed by atoms with Gasteiger partial charge in [0.2, 0.25) is 0 Å². The Morgan fingerprint density at radius 3 is 2.57 bits per heavy atom. The van der Waals surface area contributed by atoms with E-state index in [1.54, 1.807) is 7.11 Å². The standard InChI is InChI=1S/C15H15BrF2N2O/c1-21-15-5-2-9(6-12(15)16)7-14(20-19)11-4-3-10(17)8-13(11)18/h2-6,8,14,20H,7,19H2,1H3. The highest BCUT2D eigenvalue weighted by Crippen LogP contribution is 2.28. The van der Waals surface area contributed by atoms with Crippen molar-refractivity contribution in [3.05, 3.63) is 63.6 Å². The highest BCUT2D eigenvalue weighted by atomic mass is 79.9. The van der Waals surface area contributed by atoms with E-state index in [9.17, 15) is 8.78 Å². The van der Waals surface area contributed by atoms with Gasteiger partial charge in [-0.1, -0.05) is 12.1 Å². The minimum atomic E-state index is -0.620. The summed E-state index contributed by atoms with van der Waals surface area (Å²) in [4.78, 5) is 0. The average Bonchev–Trinajstić information content (AvgIpc) is 2.45. The molecule has 3 N–H and O–H groups in total. The summed E-state index contributed by atoms with van der Waals surface area (Å²) in [5, 5.41) is 0. The zero-order valence-corrected chi connectivity index (χ0v) is 13.0. The third-order valence-electron chi connectivity index (χ3n) is 3.20. The molecule has 1 atom stereocenters. The average molecular weight is 357 g/mol. The second-order valence-electron chi connectivity index (χ2n) is 4.56. The Labute approximate surface area is 130 Å². The van der Waals surface area contributed by atoms with Gasteiger partial charge >= 0.3 is 0 Å². The maximum Gasteiger partial charge on any atom is 0.133 e. The molecule has 112 valence electrons. The number of halogens is 3. The molecule has 2 aromatic carbocycles. The Morgan fingerprint density at radius 2 is 2.00 bits per heavy atom. The predicted molar refractivity (Wildman–Crippen MR) is 80.8 cm³/mol. The second kappa shape index (κ2) is 6.98. The summed E-state index contributed by atoms with van der Waals surface area (Å²) in [5.74, 6) is 4.99. The molecule has 0 aliphatic heterocycles. The predicted octanol–water partition coefficient (Wildman–Crippen LogP) is 3.48. The topological polar surface area (TPSA) is 47.3 Å². The molecule has 2 rings (SSSR count). The first-order valence-electron chi connectivity index (χ1n) is 6.28. The Kier molecular flexibility index (Phi) is 5.27. The first-order valence-corrected chi connectivity index (χ1v) is 7.08. The largest absolute Gasteiger partial charge is 0.496 e. The van der Waals surface area contributed by atoms with Gasteiger partial charge in [0.05, 0.1) is 17.6 Å². The zero-order chi connectivity index (χ0) is 15.4. The third kappa shape index (κ3) is 3.78. The number of hydrogen-bond donors (Lipinski definition) is 2. The number of nitrogens with two attached hydrogens (primary N) is 1. The molecule has 2 aromatic rings. The Hall–Kier alpha value is -1.50. The summed E-state index contributed by atoms with van der Waals surface area (Å²) in [5.41, 5.74) is 3.83. The van der Waals surface area contributed by atoms with Gasteiger partial charge in [-0.3, -0.25) is 11.3 Å². The quantitative estimate of drug-likeness (QED) is 0.636. The van der Waals surface area contributed by atoms with Gasteiger partial charge in [0.1, 0.15) is 17.4 Å². The van der Waals surface area contributed by atoms with Gasteiger partial charge < -0.3 is 4.74 Å². The molecular formula is C15H15BrF2N2O. The molecule has 0 saturated heterocycles. The highest BCUT2D eigenvalue weighted by molar-refractivity contribution is 9.10. The van der Waals surface area contributed by atoms with Crippen LogP contribution < -0.4 is 16.0 Å². The molecule has 0 aliphatic carbocycles. The van der Waals surface area contributed by atoms with E-state index in [1.807, 2.05) is 18.2 Å². The van der Waals surface area contributed by atoms with Crippen LogP contribution in [0.5, 0.6) is 5.75 Å². The van der Waals surface area contributed by atoms with Crippen LogP contribution in [0.15, 0.2) is 40.9 Å². The van der Waals surface area contributed by atoms with Gasteiger partial charge in [0, 0.05) is 11.6 Å². The lowest BCUT2D eigenvalue weighted by molar-refractivity contribution is 0.411. The summed E-state index contributed by atoms with van der Waals surface area (Å²) in [7, 11) is 1.58. The van der Waals surface area contributed by atoms with Crippen LogP contribution in [0.25, 0.3) is 0 Å². The molecule has 0 saturated carbocycles. The van der Waals surface area contributed by atoms with Gasteiger partial charge in [-0.2, -0.15) is 0 Å². The van der Waals surface area contributed by atoms with Crippen molar-refractivity contribution < 1.29 is 13.5 Å². The van der Waals surface area contributed by atoms with Gasteiger partial charge in [0.25, 0.3) is 0 Å². The van der Waals surface area contributed by atoms with E-state index in [0.717, 1.165) is 16.1 Å². The molecule has 0 aromatic heterocycles. The maximum atomic E-state index is 13.8. The summed E-state index contributed by atoms with van der Waals surface area (Å²) < 4.78 is 32.8. The number of hydrazine groups is 1. The number of hydrogen-bond acceptors (Lipinski definition) is 3. The first-order chi connectivity index (χ1) is 10.0. The van der Waals surface area contributed by atoms with E-state index in [-0.39, 0.29) is 0 Å².